The van der Waals surface area contributed by atoms with Gasteiger partial charge in [-0.3, -0.25) is 4.79 Å². The monoisotopic (exact) mass is 185 g/mol. The molecule has 1 aliphatic rings. The van der Waals surface area contributed by atoms with E-state index in [-0.39, 0.29) is 12.5 Å². The Morgan fingerprint density at radius 1 is 1.54 bits per heavy atom. The van der Waals surface area contributed by atoms with Gasteiger partial charge < -0.3 is 10.1 Å². The average molecular weight is 185 g/mol. The van der Waals surface area contributed by atoms with E-state index in [4.69, 9.17) is 4.74 Å². The van der Waals surface area contributed by atoms with Crippen LogP contribution in [0.5, 0.6) is 0 Å². The Bertz CT molecular complexity index is 155. The lowest BCUT2D eigenvalue weighted by molar-refractivity contribution is -0.125. The number of rotatable bonds is 7. The van der Waals surface area contributed by atoms with E-state index >= 15 is 0 Å². The first-order valence-corrected chi connectivity index (χ1v) is 5.17. The molecule has 3 heteroatoms. The van der Waals surface area contributed by atoms with E-state index in [0.717, 1.165) is 18.9 Å². The zero-order chi connectivity index (χ0) is 9.52. The molecule has 0 spiro atoms. The van der Waals surface area contributed by atoms with E-state index in [0.29, 0.717) is 6.61 Å². The van der Waals surface area contributed by atoms with E-state index in [1.54, 1.807) is 0 Å². The predicted molar refractivity (Wildman–Crippen MR) is 51.5 cm³/mol. The maximum atomic E-state index is 11.0. The molecule has 3 nitrogen and oxygen atoms in total. The van der Waals surface area contributed by atoms with E-state index in [9.17, 15) is 4.79 Å². The summed E-state index contributed by atoms with van der Waals surface area (Å²) in [7, 11) is 0. The molecule has 0 aliphatic heterocycles. The van der Waals surface area contributed by atoms with E-state index in [1.165, 1.54) is 19.3 Å². The number of nitrogens with one attached hydrogen (secondary N) is 1. The van der Waals surface area contributed by atoms with Gasteiger partial charge in [-0.25, -0.2) is 0 Å². The van der Waals surface area contributed by atoms with Crippen molar-refractivity contribution in [3.05, 3.63) is 0 Å². The molecular formula is C10H19NO2. The molecule has 1 fully saturated rings. The van der Waals surface area contributed by atoms with Crippen molar-refractivity contribution >= 4 is 5.91 Å². The second-order valence-electron chi connectivity index (χ2n) is 3.57. The SMILES string of the molecule is CCOCC(=O)NCCCC1CC1. The van der Waals surface area contributed by atoms with Gasteiger partial charge in [-0.15, -0.1) is 0 Å². The van der Waals surface area contributed by atoms with Gasteiger partial charge in [0, 0.05) is 13.2 Å². The highest BCUT2D eigenvalue weighted by molar-refractivity contribution is 5.77. The Hall–Kier alpha value is -0.570. The largest absolute Gasteiger partial charge is 0.372 e. The molecule has 1 amide bonds. The van der Waals surface area contributed by atoms with Gasteiger partial charge in [0.05, 0.1) is 0 Å². The van der Waals surface area contributed by atoms with Crippen LogP contribution in [0.2, 0.25) is 0 Å². The number of carbonyl (C=O) groups is 1. The van der Waals surface area contributed by atoms with Gasteiger partial charge in [-0.2, -0.15) is 0 Å². The van der Waals surface area contributed by atoms with Crippen LogP contribution in [0.25, 0.3) is 0 Å². The maximum Gasteiger partial charge on any atom is 0.245 e. The summed E-state index contributed by atoms with van der Waals surface area (Å²) >= 11 is 0. The topological polar surface area (TPSA) is 38.3 Å². The smallest absolute Gasteiger partial charge is 0.245 e. The third kappa shape index (κ3) is 5.64. The van der Waals surface area contributed by atoms with Crippen molar-refractivity contribution in [2.45, 2.75) is 32.6 Å². The summed E-state index contributed by atoms with van der Waals surface area (Å²) in [6.45, 7) is 3.51. The fourth-order valence-corrected chi connectivity index (χ4v) is 1.27. The van der Waals surface area contributed by atoms with E-state index in [1.807, 2.05) is 6.92 Å². The third-order valence-corrected chi connectivity index (χ3v) is 2.25. The van der Waals surface area contributed by atoms with E-state index in [2.05, 4.69) is 5.32 Å². The maximum absolute atomic E-state index is 11.0. The van der Waals surface area contributed by atoms with Gasteiger partial charge in [-0.05, 0) is 25.7 Å². The van der Waals surface area contributed by atoms with Crippen LogP contribution in [0.3, 0.4) is 0 Å². The minimum absolute atomic E-state index is 0.0117. The van der Waals surface area contributed by atoms with Crippen LogP contribution in [0.15, 0.2) is 0 Å². The molecule has 1 N–H and O–H groups in total. The molecule has 1 aliphatic carbocycles. The first kappa shape index (κ1) is 10.5. The van der Waals surface area contributed by atoms with Gasteiger partial charge in [-0.1, -0.05) is 12.8 Å². The van der Waals surface area contributed by atoms with E-state index < -0.39 is 0 Å². The molecule has 0 bridgehead atoms. The van der Waals surface area contributed by atoms with Gasteiger partial charge in [0.2, 0.25) is 5.91 Å². The van der Waals surface area contributed by atoms with Crippen molar-refractivity contribution in [2.24, 2.45) is 5.92 Å². The Kier molecular flexibility index (Phi) is 4.83. The van der Waals surface area contributed by atoms with Crippen molar-refractivity contribution in [2.75, 3.05) is 19.8 Å². The van der Waals surface area contributed by atoms with Crippen molar-refractivity contribution in [3.8, 4) is 0 Å². The van der Waals surface area contributed by atoms with Gasteiger partial charge in [0.15, 0.2) is 0 Å². The van der Waals surface area contributed by atoms with Crippen molar-refractivity contribution in [3.63, 3.8) is 0 Å². The van der Waals surface area contributed by atoms with Crippen LogP contribution >= 0.6 is 0 Å². The number of ether oxygens (including phenoxy) is 1. The molecule has 0 atom stereocenters. The van der Waals surface area contributed by atoms with Crippen molar-refractivity contribution < 1.29 is 9.53 Å². The lowest BCUT2D eigenvalue weighted by atomic mass is 10.2. The summed E-state index contributed by atoms with van der Waals surface area (Å²) in [5.41, 5.74) is 0. The first-order valence-electron chi connectivity index (χ1n) is 5.17. The fraction of sp³-hybridized carbons (Fsp3) is 0.900. The lowest BCUT2D eigenvalue weighted by Gasteiger charge is -2.04. The third-order valence-electron chi connectivity index (χ3n) is 2.25. The normalized spacial score (nSPS) is 15.8. The molecule has 0 heterocycles. The molecule has 0 unspecified atom stereocenters. The molecule has 1 rings (SSSR count). The van der Waals surface area contributed by atoms with Crippen LogP contribution in [0.4, 0.5) is 0 Å². The van der Waals surface area contributed by atoms with Crippen molar-refractivity contribution in [1.29, 1.82) is 0 Å². The molecule has 76 valence electrons. The summed E-state index contributed by atoms with van der Waals surface area (Å²) in [4.78, 5) is 11.0. The van der Waals surface area contributed by atoms with Crippen molar-refractivity contribution in [1.82, 2.24) is 5.32 Å². The minimum Gasteiger partial charge on any atom is -0.372 e. The summed E-state index contributed by atoms with van der Waals surface area (Å²) in [6, 6.07) is 0. The molecule has 0 aromatic heterocycles. The molecule has 0 radical (unpaired) electrons. The summed E-state index contributed by atoms with van der Waals surface area (Å²) in [5.74, 6) is 0.974. The molecule has 0 aromatic carbocycles. The molecule has 13 heavy (non-hydrogen) atoms. The van der Waals surface area contributed by atoms with Crippen LogP contribution in [-0.4, -0.2) is 25.7 Å². The quantitative estimate of drug-likeness (QED) is 0.608. The van der Waals surface area contributed by atoms with Crippen LogP contribution < -0.4 is 5.32 Å². The molecule has 0 saturated heterocycles. The van der Waals surface area contributed by atoms with Crippen LogP contribution in [-0.2, 0) is 9.53 Å². The predicted octanol–water partition coefficient (Wildman–Crippen LogP) is 1.33. The molecule has 0 aromatic rings. The van der Waals surface area contributed by atoms with Gasteiger partial charge >= 0.3 is 0 Å². The standard InChI is InChI=1S/C10H19NO2/c1-2-13-8-10(12)11-7-3-4-9-5-6-9/h9H,2-8H2,1H3,(H,11,12). The van der Waals surface area contributed by atoms with Crippen LogP contribution in [0.1, 0.15) is 32.6 Å². The summed E-state index contributed by atoms with van der Waals surface area (Å²) < 4.78 is 4.97. The highest BCUT2D eigenvalue weighted by atomic mass is 16.5. The highest BCUT2D eigenvalue weighted by Gasteiger charge is 2.19. The van der Waals surface area contributed by atoms with Crippen LogP contribution in [0, 0.1) is 5.92 Å². The lowest BCUT2D eigenvalue weighted by Crippen LogP contribution is -2.28. The molecular weight excluding hydrogens is 166 g/mol. The van der Waals surface area contributed by atoms with Gasteiger partial charge in [0.25, 0.3) is 0 Å². The Labute approximate surface area is 79.8 Å². The minimum atomic E-state index is 0.0117. The number of carbonyl (C=O) groups excluding carboxylic acids is 1. The average Bonchev–Trinajstić information content (AvgIpc) is 2.92. The Morgan fingerprint density at radius 3 is 2.92 bits per heavy atom. The fourth-order valence-electron chi connectivity index (χ4n) is 1.27. The number of amides is 1. The Balaban J connectivity index is 1.82. The second-order valence-corrected chi connectivity index (χ2v) is 3.57. The zero-order valence-electron chi connectivity index (χ0n) is 8.34. The summed E-state index contributed by atoms with van der Waals surface area (Å²) in [6.07, 6.45) is 5.18. The number of hydrogen-bond donors (Lipinski definition) is 1. The zero-order valence-corrected chi connectivity index (χ0v) is 8.34. The highest BCUT2D eigenvalue weighted by Crippen LogP contribution is 2.33. The molecule has 1 saturated carbocycles. The Morgan fingerprint density at radius 2 is 2.31 bits per heavy atom. The second kappa shape index (κ2) is 5.97. The first-order chi connectivity index (χ1) is 6.33. The van der Waals surface area contributed by atoms with Gasteiger partial charge in [0.1, 0.15) is 6.61 Å². The summed E-state index contributed by atoms with van der Waals surface area (Å²) in [5, 5.41) is 2.84. The number of hydrogen-bond acceptors (Lipinski definition) is 2.